The predicted molar refractivity (Wildman–Crippen MR) is 54.9 cm³/mol. The Labute approximate surface area is 84.0 Å². The summed E-state index contributed by atoms with van der Waals surface area (Å²) in [4.78, 5) is 0. The van der Waals surface area contributed by atoms with Crippen LogP contribution in [-0.4, -0.2) is 18.2 Å². The maximum atomic E-state index is 10.4. The van der Waals surface area contributed by atoms with Gasteiger partial charge in [-0.15, -0.1) is 0 Å². The number of aliphatic hydroxyl groups is 1. The number of rotatable bonds is 1. The quantitative estimate of drug-likeness (QED) is 0.697. The van der Waals surface area contributed by atoms with E-state index in [9.17, 15) is 5.11 Å². The van der Waals surface area contributed by atoms with Crippen molar-refractivity contribution in [3.8, 4) is 0 Å². The Kier molecular flexibility index (Phi) is 1.56. The van der Waals surface area contributed by atoms with Gasteiger partial charge in [-0.2, -0.15) is 0 Å². The first-order valence-electron chi connectivity index (χ1n) is 5.21. The number of nitrogens with one attached hydrogen (secondary N) is 1. The Morgan fingerprint density at radius 3 is 2.21 bits per heavy atom. The van der Waals surface area contributed by atoms with Crippen LogP contribution in [0.2, 0.25) is 0 Å². The largest absolute Gasteiger partial charge is 0.385 e. The molecule has 2 N–H and O–H groups in total. The average Bonchev–Trinajstić information content (AvgIpc) is 2.11. The minimum atomic E-state index is -0.538. The second-order valence-corrected chi connectivity index (χ2v) is 4.85. The van der Waals surface area contributed by atoms with E-state index < -0.39 is 5.60 Å². The van der Waals surface area contributed by atoms with Crippen LogP contribution in [0.25, 0.3) is 0 Å². The molecule has 1 aromatic carbocycles. The summed E-state index contributed by atoms with van der Waals surface area (Å²) < 4.78 is 0. The standard InChI is InChI=1S/C12H15NO/c14-12(10-4-2-1-3-5-10)6-11(7-12)8-13-9-11/h1-5,13-14H,6-9H2. The van der Waals surface area contributed by atoms with Crippen molar-refractivity contribution in [3.05, 3.63) is 35.9 Å². The summed E-state index contributed by atoms with van der Waals surface area (Å²) in [6.45, 7) is 2.17. The van der Waals surface area contributed by atoms with Crippen LogP contribution in [-0.2, 0) is 5.60 Å². The van der Waals surface area contributed by atoms with Crippen LogP contribution in [0.4, 0.5) is 0 Å². The van der Waals surface area contributed by atoms with Gasteiger partial charge in [0.05, 0.1) is 5.60 Å². The molecule has 0 bridgehead atoms. The molecule has 1 saturated carbocycles. The molecule has 1 spiro atoms. The lowest BCUT2D eigenvalue weighted by Gasteiger charge is -2.59. The van der Waals surface area contributed by atoms with E-state index in [0.717, 1.165) is 31.5 Å². The molecular formula is C12H15NO. The Morgan fingerprint density at radius 2 is 1.71 bits per heavy atom. The van der Waals surface area contributed by atoms with Crippen LogP contribution in [0, 0.1) is 5.41 Å². The highest BCUT2D eigenvalue weighted by Crippen LogP contribution is 2.55. The van der Waals surface area contributed by atoms with Crippen LogP contribution in [0.5, 0.6) is 0 Å². The van der Waals surface area contributed by atoms with E-state index in [1.165, 1.54) is 0 Å². The molecule has 2 fully saturated rings. The van der Waals surface area contributed by atoms with E-state index in [0.29, 0.717) is 5.41 Å². The van der Waals surface area contributed by atoms with Crippen molar-refractivity contribution in [1.82, 2.24) is 5.32 Å². The molecule has 1 aliphatic carbocycles. The van der Waals surface area contributed by atoms with Gasteiger partial charge in [0.1, 0.15) is 0 Å². The SMILES string of the molecule is OC1(c2ccccc2)CC2(CNC2)C1. The average molecular weight is 189 g/mol. The first kappa shape index (κ1) is 8.45. The minimum Gasteiger partial charge on any atom is -0.385 e. The van der Waals surface area contributed by atoms with Gasteiger partial charge in [0.2, 0.25) is 0 Å². The molecule has 0 aromatic heterocycles. The van der Waals surface area contributed by atoms with Crippen LogP contribution in [0.1, 0.15) is 18.4 Å². The van der Waals surface area contributed by atoms with Crippen molar-refractivity contribution in [1.29, 1.82) is 0 Å². The lowest BCUT2D eigenvalue weighted by atomic mass is 9.54. The van der Waals surface area contributed by atoms with Gasteiger partial charge in [0.15, 0.2) is 0 Å². The molecule has 0 unspecified atom stereocenters. The molecule has 2 aliphatic rings. The molecule has 0 atom stereocenters. The molecule has 0 amide bonds. The summed E-state index contributed by atoms with van der Waals surface area (Å²) in [5.74, 6) is 0. The fraction of sp³-hybridized carbons (Fsp3) is 0.500. The predicted octanol–water partition coefficient (Wildman–Crippen LogP) is 1.26. The third kappa shape index (κ3) is 1.04. The van der Waals surface area contributed by atoms with Crippen molar-refractivity contribution in [2.75, 3.05) is 13.1 Å². The van der Waals surface area contributed by atoms with Gasteiger partial charge in [-0.1, -0.05) is 30.3 Å². The lowest BCUT2D eigenvalue weighted by molar-refractivity contribution is -0.155. The Hall–Kier alpha value is -0.860. The molecule has 1 saturated heterocycles. The highest BCUT2D eigenvalue weighted by Gasteiger charge is 2.57. The Bertz CT molecular complexity index is 335. The first-order valence-corrected chi connectivity index (χ1v) is 5.21. The van der Waals surface area contributed by atoms with Crippen LogP contribution < -0.4 is 5.32 Å². The van der Waals surface area contributed by atoms with Gasteiger partial charge in [0, 0.05) is 18.5 Å². The molecule has 1 aromatic rings. The zero-order valence-electron chi connectivity index (χ0n) is 8.16. The molecule has 2 heteroatoms. The van der Waals surface area contributed by atoms with E-state index in [2.05, 4.69) is 5.32 Å². The van der Waals surface area contributed by atoms with Crippen molar-refractivity contribution in [2.45, 2.75) is 18.4 Å². The van der Waals surface area contributed by atoms with Crippen molar-refractivity contribution >= 4 is 0 Å². The van der Waals surface area contributed by atoms with Crippen LogP contribution in [0.3, 0.4) is 0 Å². The molecule has 3 rings (SSSR count). The fourth-order valence-electron chi connectivity index (χ4n) is 2.87. The summed E-state index contributed by atoms with van der Waals surface area (Å²) >= 11 is 0. The van der Waals surface area contributed by atoms with Gasteiger partial charge in [-0.3, -0.25) is 0 Å². The van der Waals surface area contributed by atoms with E-state index >= 15 is 0 Å². The molecular weight excluding hydrogens is 174 g/mol. The molecule has 1 heterocycles. The summed E-state index contributed by atoms with van der Waals surface area (Å²) in [7, 11) is 0. The van der Waals surface area contributed by atoms with Gasteiger partial charge >= 0.3 is 0 Å². The maximum absolute atomic E-state index is 10.4. The summed E-state index contributed by atoms with van der Waals surface area (Å²) in [5.41, 5.74) is 0.964. The van der Waals surface area contributed by atoms with Crippen LogP contribution in [0.15, 0.2) is 30.3 Å². The molecule has 1 aliphatic heterocycles. The number of hydrogen-bond donors (Lipinski definition) is 2. The van der Waals surface area contributed by atoms with Gasteiger partial charge in [-0.25, -0.2) is 0 Å². The fourth-order valence-corrected chi connectivity index (χ4v) is 2.87. The summed E-state index contributed by atoms with van der Waals surface area (Å²) in [5, 5.41) is 13.6. The zero-order valence-corrected chi connectivity index (χ0v) is 8.16. The minimum absolute atomic E-state index is 0.421. The third-order valence-electron chi connectivity index (χ3n) is 3.65. The van der Waals surface area contributed by atoms with Crippen molar-refractivity contribution in [3.63, 3.8) is 0 Å². The highest BCUT2D eigenvalue weighted by molar-refractivity contribution is 5.28. The maximum Gasteiger partial charge on any atom is 0.0909 e. The summed E-state index contributed by atoms with van der Waals surface area (Å²) in [6.07, 6.45) is 1.86. The third-order valence-corrected chi connectivity index (χ3v) is 3.65. The number of hydrogen-bond acceptors (Lipinski definition) is 2. The molecule has 2 nitrogen and oxygen atoms in total. The highest BCUT2D eigenvalue weighted by atomic mass is 16.3. The normalized spacial score (nSPS) is 26.6. The summed E-state index contributed by atoms with van der Waals surface area (Å²) in [6, 6.07) is 10.0. The Balaban J connectivity index is 1.81. The van der Waals surface area contributed by atoms with Gasteiger partial charge in [-0.05, 0) is 18.4 Å². The van der Waals surface area contributed by atoms with Gasteiger partial charge < -0.3 is 10.4 Å². The second kappa shape index (κ2) is 2.59. The van der Waals surface area contributed by atoms with E-state index in [4.69, 9.17) is 0 Å². The zero-order chi connectivity index (χ0) is 9.65. The Morgan fingerprint density at radius 1 is 1.07 bits per heavy atom. The second-order valence-electron chi connectivity index (χ2n) is 4.85. The van der Waals surface area contributed by atoms with E-state index in [-0.39, 0.29) is 0 Å². The first-order chi connectivity index (χ1) is 6.73. The smallest absolute Gasteiger partial charge is 0.0909 e. The van der Waals surface area contributed by atoms with E-state index in [1.807, 2.05) is 30.3 Å². The molecule has 0 radical (unpaired) electrons. The monoisotopic (exact) mass is 189 g/mol. The van der Waals surface area contributed by atoms with Crippen molar-refractivity contribution < 1.29 is 5.11 Å². The van der Waals surface area contributed by atoms with Crippen molar-refractivity contribution in [2.24, 2.45) is 5.41 Å². The van der Waals surface area contributed by atoms with Gasteiger partial charge in [0.25, 0.3) is 0 Å². The number of benzene rings is 1. The van der Waals surface area contributed by atoms with Crippen LogP contribution >= 0.6 is 0 Å². The topological polar surface area (TPSA) is 32.3 Å². The molecule has 74 valence electrons. The lowest BCUT2D eigenvalue weighted by Crippen LogP contribution is -2.65. The molecule has 14 heavy (non-hydrogen) atoms. The van der Waals surface area contributed by atoms with E-state index in [1.54, 1.807) is 0 Å².